The second kappa shape index (κ2) is 5.89. The van der Waals surface area contributed by atoms with Crippen LogP contribution in [-0.2, 0) is 9.53 Å². The molecular formula is C15H14BrNO2. The van der Waals surface area contributed by atoms with Crippen LogP contribution in [0.25, 0.3) is 0 Å². The lowest BCUT2D eigenvalue weighted by Gasteiger charge is -2.17. The summed E-state index contributed by atoms with van der Waals surface area (Å²) in [6.45, 7) is 2.03. The summed E-state index contributed by atoms with van der Waals surface area (Å²) < 4.78 is 5.76. The van der Waals surface area contributed by atoms with Gasteiger partial charge in [-0.05, 0) is 42.8 Å². The van der Waals surface area contributed by atoms with E-state index in [0.29, 0.717) is 5.57 Å². The summed E-state index contributed by atoms with van der Waals surface area (Å²) in [5.41, 5.74) is 2.63. The second-order valence-electron chi connectivity index (χ2n) is 4.17. The van der Waals surface area contributed by atoms with Gasteiger partial charge >= 0.3 is 5.97 Å². The Morgan fingerprint density at radius 3 is 2.74 bits per heavy atom. The number of halogens is 1. The van der Waals surface area contributed by atoms with Gasteiger partial charge < -0.3 is 9.64 Å². The first-order valence-corrected chi connectivity index (χ1v) is 6.60. The molecule has 0 unspecified atom stereocenters. The van der Waals surface area contributed by atoms with Gasteiger partial charge in [0.25, 0.3) is 0 Å². The lowest BCUT2D eigenvalue weighted by atomic mass is 10.2. The smallest absolute Gasteiger partial charge is 0.339 e. The van der Waals surface area contributed by atoms with Gasteiger partial charge in [0, 0.05) is 22.6 Å². The first kappa shape index (κ1) is 13.6. The van der Waals surface area contributed by atoms with Crippen LogP contribution < -0.4 is 4.90 Å². The van der Waals surface area contributed by atoms with Crippen LogP contribution >= 0.6 is 15.9 Å². The topological polar surface area (TPSA) is 29.5 Å². The average Bonchev–Trinajstić information content (AvgIpc) is 2.62. The van der Waals surface area contributed by atoms with Gasteiger partial charge in [-0.25, -0.2) is 4.79 Å². The maximum Gasteiger partial charge on any atom is 0.339 e. The van der Waals surface area contributed by atoms with Crippen molar-refractivity contribution in [3.05, 3.63) is 64.4 Å². The van der Waals surface area contributed by atoms with Gasteiger partial charge in [0.1, 0.15) is 0 Å². The number of rotatable bonds is 2. The molecule has 4 heteroatoms. The number of hydrogen-bond acceptors (Lipinski definition) is 3. The third-order valence-electron chi connectivity index (χ3n) is 2.66. The molecular weight excluding hydrogens is 306 g/mol. The molecule has 0 aromatic heterocycles. The van der Waals surface area contributed by atoms with Crippen molar-refractivity contribution in [2.24, 2.45) is 0 Å². The molecule has 0 N–H and O–H groups in total. The summed E-state index contributed by atoms with van der Waals surface area (Å²) in [4.78, 5) is 13.5. The number of anilines is 1. The van der Waals surface area contributed by atoms with Gasteiger partial charge in [-0.15, -0.1) is 0 Å². The molecule has 0 bridgehead atoms. The van der Waals surface area contributed by atoms with E-state index in [0.717, 1.165) is 15.7 Å². The fraction of sp³-hybridized carbons (Fsp3) is 0.133. The van der Waals surface area contributed by atoms with E-state index in [2.05, 4.69) is 15.9 Å². The number of ether oxygens (including phenoxy) is 1. The normalized spacial score (nSPS) is 14.1. The summed E-state index contributed by atoms with van der Waals surface area (Å²) in [7, 11) is 1.38. The number of esters is 1. The molecule has 0 aliphatic carbocycles. The predicted molar refractivity (Wildman–Crippen MR) is 79.7 cm³/mol. The molecule has 2 rings (SSSR count). The Morgan fingerprint density at radius 1 is 1.26 bits per heavy atom. The van der Waals surface area contributed by atoms with E-state index in [1.165, 1.54) is 7.11 Å². The van der Waals surface area contributed by atoms with Crippen LogP contribution in [-0.4, -0.2) is 13.1 Å². The largest absolute Gasteiger partial charge is 0.465 e. The fourth-order valence-electron chi connectivity index (χ4n) is 1.80. The van der Waals surface area contributed by atoms with Gasteiger partial charge in [0.15, 0.2) is 0 Å². The first-order chi connectivity index (χ1) is 9.10. The third-order valence-corrected chi connectivity index (χ3v) is 3.12. The first-order valence-electron chi connectivity index (χ1n) is 5.80. The van der Waals surface area contributed by atoms with E-state index < -0.39 is 0 Å². The van der Waals surface area contributed by atoms with E-state index in [9.17, 15) is 4.79 Å². The lowest BCUT2D eigenvalue weighted by molar-refractivity contribution is -0.135. The summed E-state index contributed by atoms with van der Waals surface area (Å²) in [5, 5.41) is 0. The highest BCUT2D eigenvalue weighted by Crippen LogP contribution is 2.24. The van der Waals surface area contributed by atoms with Gasteiger partial charge in [0.2, 0.25) is 0 Å². The van der Waals surface area contributed by atoms with E-state index >= 15 is 0 Å². The maximum absolute atomic E-state index is 11.6. The minimum Gasteiger partial charge on any atom is -0.465 e. The molecule has 0 spiro atoms. The average molecular weight is 320 g/mol. The quantitative estimate of drug-likeness (QED) is 0.778. The number of nitrogens with zero attached hydrogens (tertiary/aromatic N) is 1. The standard InChI is InChI=1S/C15H14BrNO2/c1-11-7-13(16)9-14(8-11)17-6-4-3-5-12(10-17)15(18)19-2/h3-10H,1-2H3. The second-order valence-corrected chi connectivity index (χ2v) is 5.09. The minimum atomic E-state index is -0.350. The molecule has 1 aliphatic rings. The van der Waals surface area contributed by atoms with Crippen LogP contribution in [0.1, 0.15) is 5.56 Å². The predicted octanol–water partition coefficient (Wildman–Crippen LogP) is 3.70. The monoisotopic (exact) mass is 319 g/mol. The Morgan fingerprint density at radius 2 is 2.05 bits per heavy atom. The highest BCUT2D eigenvalue weighted by Gasteiger charge is 2.11. The van der Waals surface area contributed by atoms with Crippen molar-refractivity contribution >= 4 is 27.6 Å². The van der Waals surface area contributed by atoms with Gasteiger partial charge in [-0.3, -0.25) is 0 Å². The summed E-state index contributed by atoms with van der Waals surface area (Å²) in [5.74, 6) is -0.350. The molecule has 1 aromatic carbocycles. The molecule has 19 heavy (non-hydrogen) atoms. The third kappa shape index (κ3) is 3.35. The van der Waals surface area contributed by atoms with Crippen molar-refractivity contribution in [2.75, 3.05) is 12.0 Å². The van der Waals surface area contributed by atoms with E-state index in [1.54, 1.807) is 12.3 Å². The Balaban J connectivity index is 2.40. The molecule has 1 aromatic rings. The Labute approximate surface area is 121 Å². The molecule has 1 aliphatic heterocycles. The zero-order valence-corrected chi connectivity index (χ0v) is 12.3. The Hall–Kier alpha value is -1.81. The maximum atomic E-state index is 11.6. The van der Waals surface area contributed by atoms with Crippen LogP contribution in [0, 0.1) is 6.92 Å². The van der Waals surface area contributed by atoms with Gasteiger partial charge in [-0.1, -0.05) is 22.0 Å². The number of carbonyl (C=O) groups excluding carboxylic acids is 1. The molecule has 0 saturated carbocycles. The highest BCUT2D eigenvalue weighted by atomic mass is 79.9. The molecule has 0 atom stereocenters. The number of aryl methyl sites for hydroxylation is 1. The number of allylic oxidation sites excluding steroid dienone is 2. The molecule has 0 fully saturated rings. The van der Waals surface area contributed by atoms with Crippen LogP contribution in [0.5, 0.6) is 0 Å². The minimum absolute atomic E-state index is 0.350. The molecule has 0 radical (unpaired) electrons. The molecule has 1 heterocycles. The van der Waals surface area contributed by atoms with Crippen LogP contribution in [0.2, 0.25) is 0 Å². The Kier molecular flexibility index (Phi) is 4.22. The van der Waals surface area contributed by atoms with Crippen molar-refractivity contribution in [3.8, 4) is 0 Å². The zero-order chi connectivity index (χ0) is 13.8. The fourth-order valence-corrected chi connectivity index (χ4v) is 2.40. The van der Waals surface area contributed by atoms with Crippen molar-refractivity contribution in [1.29, 1.82) is 0 Å². The van der Waals surface area contributed by atoms with Gasteiger partial charge in [0.05, 0.1) is 12.7 Å². The number of benzene rings is 1. The van der Waals surface area contributed by atoms with E-state index in [1.807, 2.05) is 48.4 Å². The highest BCUT2D eigenvalue weighted by molar-refractivity contribution is 9.10. The summed E-state index contributed by atoms with van der Waals surface area (Å²) in [6, 6.07) is 6.08. The van der Waals surface area contributed by atoms with Crippen molar-refractivity contribution in [3.63, 3.8) is 0 Å². The molecule has 98 valence electrons. The van der Waals surface area contributed by atoms with E-state index in [-0.39, 0.29) is 5.97 Å². The number of carbonyl (C=O) groups is 1. The summed E-state index contributed by atoms with van der Waals surface area (Å²) >= 11 is 3.48. The SMILES string of the molecule is COC(=O)C1=CN(c2cc(C)cc(Br)c2)C=CC=C1. The van der Waals surface area contributed by atoms with E-state index in [4.69, 9.17) is 4.74 Å². The van der Waals surface area contributed by atoms with Crippen LogP contribution in [0.4, 0.5) is 5.69 Å². The zero-order valence-electron chi connectivity index (χ0n) is 10.8. The van der Waals surface area contributed by atoms with Crippen molar-refractivity contribution < 1.29 is 9.53 Å². The van der Waals surface area contributed by atoms with Crippen molar-refractivity contribution in [2.45, 2.75) is 6.92 Å². The molecule has 3 nitrogen and oxygen atoms in total. The molecule has 0 amide bonds. The van der Waals surface area contributed by atoms with Crippen molar-refractivity contribution in [1.82, 2.24) is 0 Å². The number of methoxy groups -OCH3 is 1. The Bertz CT molecular complexity index is 568. The number of hydrogen-bond donors (Lipinski definition) is 0. The van der Waals surface area contributed by atoms with Crippen LogP contribution in [0.15, 0.2) is 58.9 Å². The van der Waals surface area contributed by atoms with Gasteiger partial charge in [-0.2, -0.15) is 0 Å². The van der Waals surface area contributed by atoms with Crippen LogP contribution in [0.3, 0.4) is 0 Å². The lowest BCUT2D eigenvalue weighted by Crippen LogP contribution is -2.11. The molecule has 0 saturated heterocycles. The summed E-state index contributed by atoms with van der Waals surface area (Å²) in [6.07, 6.45) is 9.07.